The Kier molecular flexibility index (Phi) is 2.38. The van der Waals surface area contributed by atoms with Gasteiger partial charge in [0.25, 0.3) is 0 Å². The second-order valence-corrected chi connectivity index (χ2v) is 6.33. The van der Waals surface area contributed by atoms with Gasteiger partial charge in [-0.2, -0.15) is 0 Å². The second-order valence-electron chi connectivity index (χ2n) is 4.25. The summed E-state index contributed by atoms with van der Waals surface area (Å²) in [6, 6.07) is 7.25. The molecule has 0 aromatic heterocycles. The molecule has 0 aliphatic carbocycles. The highest BCUT2D eigenvalue weighted by Crippen LogP contribution is 2.32. The van der Waals surface area contributed by atoms with Gasteiger partial charge in [-0.25, -0.2) is 0 Å². The summed E-state index contributed by atoms with van der Waals surface area (Å²) in [5.41, 5.74) is 0.673. The Morgan fingerprint density at radius 3 is 2.73 bits per heavy atom. The van der Waals surface area contributed by atoms with E-state index in [1.54, 1.807) is 12.1 Å². The van der Waals surface area contributed by atoms with Crippen LogP contribution in [-0.4, -0.2) is 14.9 Å². The normalized spacial score (nSPS) is 23.9. The van der Waals surface area contributed by atoms with Gasteiger partial charge in [-0.1, -0.05) is 12.1 Å². The van der Waals surface area contributed by atoms with Gasteiger partial charge in [0.15, 0.2) is 0 Å². The van der Waals surface area contributed by atoms with Crippen molar-refractivity contribution in [2.45, 2.75) is 29.9 Å². The first-order chi connectivity index (χ1) is 7.00. The van der Waals surface area contributed by atoms with E-state index < -0.39 is 15.5 Å². The van der Waals surface area contributed by atoms with Crippen LogP contribution in [0.15, 0.2) is 29.2 Å². The molecule has 0 radical (unpaired) electrons. The molecule has 4 heteroatoms. The topological polar surface area (TPSA) is 46.2 Å². The van der Waals surface area contributed by atoms with Crippen molar-refractivity contribution >= 4 is 22.4 Å². The van der Waals surface area contributed by atoms with Crippen LogP contribution in [0, 0.1) is 0 Å². The number of rotatable bonds is 0. The van der Waals surface area contributed by atoms with Crippen molar-refractivity contribution in [1.82, 2.24) is 0 Å². The van der Waals surface area contributed by atoms with Crippen LogP contribution in [0.4, 0.5) is 5.69 Å². The predicted octanol–water partition coefficient (Wildman–Crippen LogP) is 1.91. The first-order valence-electron chi connectivity index (χ1n) is 4.81. The molecule has 1 amide bonds. The van der Waals surface area contributed by atoms with Crippen LogP contribution in [0.2, 0.25) is 0 Å². The smallest absolute Gasteiger partial charge is 0.225 e. The van der Waals surface area contributed by atoms with Crippen LogP contribution in [-0.2, 0) is 15.6 Å². The maximum absolute atomic E-state index is 12.2. The Morgan fingerprint density at radius 1 is 1.33 bits per heavy atom. The number of amides is 1. The van der Waals surface area contributed by atoms with Crippen molar-refractivity contribution in [3.8, 4) is 0 Å². The minimum atomic E-state index is -1.15. The van der Waals surface area contributed by atoms with E-state index in [1.807, 2.05) is 26.0 Å². The number of anilines is 1. The van der Waals surface area contributed by atoms with Crippen LogP contribution in [0.25, 0.3) is 0 Å². The molecule has 1 aromatic rings. The number of benzene rings is 1. The van der Waals surface area contributed by atoms with E-state index in [4.69, 9.17) is 0 Å². The van der Waals surface area contributed by atoms with Gasteiger partial charge >= 0.3 is 0 Å². The summed E-state index contributed by atoms with van der Waals surface area (Å²) < 4.78 is 11.7. The molecule has 3 nitrogen and oxygen atoms in total. The van der Waals surface area contributed by atoms with E-state index in [-0.39, 0.29) is 12.3 Å². The number of nitrogens with one attached hydrogen (secondary N) is 1. The third kappa shape index (κ3) is 1.81. The van der Waals surface area contributed by atoms with Gasteiger partial charge in [-0.05, 0) is 26.0 Å². The summed E-state index contributed by atoms with van der Waals surface area (Å²) in [5.74, 6) is -0.0710. The highest BCUT2D eigenvalue weighted by Gasteiger charge is 2.34. The second kappa shape index (κ2) is 3.45. The first-order valence-corrected chi connectivity index (χ1v) is 5.96. The van der Waals surface area contributed by atoms with Gasteiger partial charge in [0.05, 0.1) is 26.1 Å². The Morgan fingerprint density at radius 2 is 2.00 bits per heavy atom. The molecule has 0 fully saturated rings. The Balaban J connectivity index is 2.58. The molecule has 1 atom stereocenters. The molecular formula is C11H13NO2S. The summed E-state index contributed by atoms with van der Waals surface area (Å²) in [7, 11) is -1.15. The van der Waals surface area contributed by atoms with E-state index in [0.717, 1.165) is 0 Å². The summed E-state index contributed by atoms with van der Waals surface area (Å²) in [6.45, 7) is 3.70. The van der Waals surface area contributed by atoms with Gasteiger partial charge in [0.2, 0.25) is 5.91 Å². The molecule has 1 N–H and O–H groups in total. The Bertz CT molecular complexity index is 440. The fraction of sp³-hybridized carbons (Fsp3) is 0.364. The first kappa shape index (κ1) is 10.4. The summed E-state index contributed by atoms with van der Waals surface area (Å²) in [4.78, 5) is 12.3. The van der Waals surface area contributed by atoms with Gasteiger partial charge in [-0.15, -0.1) is 0 Å². The highest BCUT2D eigenvalue weighted by atomic mass is 32.2. The van der Waals surface area contributed by atoms with Crippen LogP contribution in [0.1, 0.15) is 20.3 Å². The minimum Gasteiger partial charge on any atom is -0.325 e. The molecular weight excluding hydrogens is 210 g/mol. The SMILES string of the molecule is CC1(C)CC(=O)Nc2ccccc2S1=O. The molecule has 1 aromatic carbocycles. The van der Waals surface area contributed by atoms with Crippen molar-refractivity contribution in [3.63, 3.8) is 0 Å². The Labute approximate surface area is 91.3 Å². The summed E-state index contributed by atoms with van der Waals surface area (Å²) in [6.07, 6.45) is 0.286. The summed E-state index contributed by atoms with van der Waals surface area (Å²) in [5, 5.41) is 2.78. The van der Waals surface area contributed by atoms with Crippen LogP contribution < -0.4 is 5.32 Å². The van der Waals surface area contributed by atoms with Crippen LogP contribution in [0.3, 0.4) is 0 Å². The molecule has 1 aliphatic rings. The maximum atomic E-state index is 12.2. The van der Waals surface area contributed by atoms with E-state index >= 15 is 0 Å². The molecule has 15 heavy (non-hydrogen) atoms. The molecule has 1 unspecified atom stereocenters. The van der Waals surface area contributed by atoms with Crippen molar-refractivity contribution in [1.29, 1.82) is 0 Å². The van der Waals surface area contributed by atoms with Gasteiger partial charge in [-0.3, -0.25) is 9.00 Å². The van der Waals surface area contributed by atoms with E-state index in [0.29, 0.717) is 10.6 Å². The quantitative estimate of drug-likeness (QED) is 0.730. The largest absolute Gasteiger partial charge is 0.325 e. The fourth-order valence-electron chi connectivity index (χ4n) is 1.68. The zero-order valence-corrected chi connectivity index (χ0v) is 9.56. The molecule has 1 aliphatic heterocycles. The number of fused-ring (bicyclic) bond motifs is 1. The van der Waals surface area contributed by atoms with E-state index in [1.165, 1.54) is 0 Å². The zero-order chi connectivity index (χ0) is 11.1. The van der Waals surface area contributed by atoms with Crippen LogP contribution in [0.5, 0.6) is 0 Å². The van der Waals surface area contributed by atoms with Crippen molar-refractivity contribution in [3.05, 3.63) is 24.3 Å². The lowest BCUT2D eigenvalue weighted by Gasteiger charge is -2.19. The zero-order valence-electron chi connectivity index (χ0n) is 8.74. The standard InChI is InChI=1S/C11H13NO2S/c1-11(2)7-10(13)12-8-5-3-4-6-9(8)15(11)14/h3-6H,7H2,1-2H3,(H,12,13). The number of carbonyl (C=O) groups excluding carboxylic acids is 1. The number of hydrogen-bond donors (Lipinski definition) is 1. The predicted molar refractivity (Wildman–Crippen MR) is 60.2 cm³/mol. The lowest BCUT2D eigenvalue weighted by Crippen LogP contribution is -2.29. The maximum Gasteiger partial charge on any atom is 0.225 e. The third-order valence-electron chi connectivity index (χ3n) is 2.45. The lowest BCUT2D eigenvalue weighted by molar-refractivity contribution is -0.116. The third-order valence-corrected chi connectivity index (χ3v) is 4.35. The molecule has 0 spiro atoms. The van der Waals surface area contributed by atoms with Crippen molar-refractivity contribution in [2.24, 2.45) is 0 Å². The van der Waals surface area contributed by atoms with Crippen molar-refractivity contribution in [2.75, 3.05) is 5.32 Å². The summed E-state index contributed by atoms with van der Waals surface area (Å²) >= 11 is 0. The highest BCUT2D eigenvalue weighted by molar-refractivity contribution is 7.86. The lowest BCUT2D eigenvalue weighted by atomic mass is 10.1. The minimum absolute atomic E-state index is 0.0710. The molecule has 0 bridgehead atoms. The van der Waals surface area contributed by atoms with Gasteiger partial charge in [0.1, 0.15) is 0 Å². The van der Waals surface area contributed by atoms with Gasteiger partial charge < -0.3 is 5.32 Å². The average molecular weight is 223 g/mol. The number of carbonyl (C=O) groups is 1. The average Bonchev–Trinajstić information content (AvgIpc) is 2.23. The molecule has 80 valence electrons. The van der Waals surface area contributed by atoms with E-state index in [2.05, 4.69) is 5.32 Å². The number of hydrogen-bond acceptors (Lipinski definition) is 2. The Hall–Kier alpha value is -1.16. The molecule has 0 saturated heterocycles. The molecule has 2 rings (SSSR count). The molecule has 1 heterocycles. The monoisotopic (exact) mass is 223 g/mol. The van der Waals surface area contributed by atoms with Gasteiger partial charge in [0, 0.05) is 6.42 Å². The number of para-hydroxylation sites is 1. The molecule has 0 saturated carbocycles. The fourth-order valence-corrected chi connectivity index (χ4v) is 3.05. The van der Waals surface area contributed by atoms with Crippen molar-refractivity contribution < 1.29 is 9.00 Å². The van der Waals surface area contributed by atoms with E-state index in [9.17, 15) is 9.00 Å². The van der Waals surface area contributed by atoms with Crippen LogP contribution >= 0.6 is 0 Å².